The van der Waals surface area contributed by atoms with E-state index in [1.165, 1.54) is 12.8 Å². The van der Waals surface area contributed by atoms with E-state index in [1.807, 2.05) is 13.0 Å². The molecule has 124 valence electrons. The van der Waals surface area contributed by atoms with Crippen molar-refractivity contribution in [3.8, 4) is 0 Å². The molecule has 1 aromatic rings. The molecule has 0 saturated carbocycles. The monoisotopic (exact) mass is 317 g/mol. The molecule has 0 bridgehead atoms. The minimum absolute atomic E-state index is 0.213. The highest BCUT2D eigenvalue weighted by molar-refractivity contribution is 6.01. The maximum Gasteiger partial charge on any atom is 0.249 e. The number of anilines is 2. The zero-order chi connectivity index (χ0) is 16.4. The van der Waals surface area contributed by atoms with E-state index < -0.39 is 6.04 Å². The van der Waals surface area contributed by atoms with Crippen LogP contribution in [-0.4, -0.2) is 40.9 Å². The normalized spacial score (nSPS) is 25.2. The summed E-state index contributed by atoms with van der Waals surface area (Å²) in [6.45, 7) is 6.10. The molecule has 23 heavy (non-hydrogen) atoms. The van der Waals surface area contributed by atoms with Gasteiger partial charge in [-0.2, -0.15) is 0 Å². The molecule has 2 amide bonds. The van der Waals surface area contributed by atoms with E-state index in [1.54, 1.807) is 0 Å². The fourth-order valence-electron chi connectivity index (χ4n) is 3.20. The third-order valence-corrected chi connectivity index (χ3v) is 4.37. The van der Waals surface area contributed by atoms with Gasteiger partial charge >= 0.3 is 0 Å². The second-order valence-corrected chi connectivity index (χ2v) is 6.50. The van der Waals surface area contributed by atoms with Gasteiger partial charge in [0.1, 0.15) is 23.5 Å². The second kappa shape index (κ2) is 6.52. The average molecular weight is 317 g/mol. The first kappa shape index (κ1) is 15.7. The number of amides is 2. The lowest BCUT2D eigenvalue weighted by Crippen LogP contribution is -2.47. The minimum atomic E-state index is -0.421. The third-order valence-electron chi connectivity index (χ3n) is 4.37. The van der Waals surface area contributed by atoms with Gasteiger partial charge in [-0.15, -0.1) is 0 Å². The van der Waals surface area contributed by atoms with Crippen LogP contribution in [0.25, 0.3) is 0 Å². The van der Waals surface area contributed by atoms with Crippen LogP contribution >= 0.6 is 0 Å². The van der Waals surface area contributed by atoms with Crippen LogP contribution in [0.5, 0.6) is 0 Å². The molecule has 2 N–H and O–H groups in total. The van der Waals surface area contributed by atoms with Gasteiger partial charge in [0.25, 0.3) is 0 Å². The number of nitrogens with zero attached hydrogens (tertiary/aromatic N) is 3. The molecule has 0 spiro atoms. The number of carbonyl (C=O) groups is 2. The van der Waals surface area contributed by atoms with Crippen LogP contribution in [0, 0.1) is 12.8 Å². The van der Waals surface area contributed by atoms with Crippen molar-refractivity contribution >= 4 is 23.5 Å². The van der Waals surface area contributed by atoms with Gasteiger partial charge in [0.05, 0.1) is 0 Å². The summed E-state index contributed by atoms with van der Waals surface area (Å²) in [5.41, 5.74) is 0. The van der Waals surface area contributed by atoms with Crippen molar-refractivity contribution in [3.05, 3.63) is 11.9 Å². The van der Waals surface area contributed by atoms with Crippen LogP contribution in [0.2, 0.25) is 0 Å². The molecule has 1 aromatic heterocycles. The summed E-state index contributed by atoms with van der Waals surface area (Å²) in [4.78, 5) is 34.3. The zero-order valence-electron chi connectivity index (χ0n) is 13.6. The number of nitrogens with one attached hydrogen (secondary N) is 2. The molecule has 7 nitrogen and oxygen atoms in total. The number of hydrogen-bond acceptors (Lipinski definition) is 6. The number of hydrogen-bond donors (Lipinski definition) is 2. The van der Waals surface area contributed by atoms with Crippen molar-refractivity contribution in [1.82, 2.24) is 15.3 Å². The number of piperidine rings is 2. The Kier molecular flexibility index (Phi) is 4.45. The Morgan fingerprint density at radius 3 is 2.87 bits per heavy atom. The molecular weight excluding hydrogens is 294 g/mol. The Labute approximate surface area is 135 Å². The lowest BCUT2D eigenvalue weighted by Gasteiger charge is -2.32. The first-order valence-corrected chi connectivity index (χ1v) is 8.22. The molecule has 2 fully saturated rings. The first-order valence-electron chi connectivity index (χ1n) is 8.22. The summed E-state index contributed by atoms with van der Waals surface area (Å²) in [6, 6.07) is 1.48. The quantitative estimate of drug-likeness (QED) is 0.816. The number of rotatable bonds is 3. The summed E-state index contributed by atoms with van der Waals surface area (Å²) in [7, 11) is 0. The molecular formula is C16H23N5O2. The van der Waals surface area contributed by atoms with Crippen LogP contribution in [0.3, 0.4) is 0 Å². The van der Waals surface area contributed by atoms with Crippen molar-refractivity contribution in [3.63, 3.8) is 0 Å². The van der Waals surface area contributed by atoms with Crippen molar-refractivity contribution in [1.29, 1.82) is 0 Å². The van der Waals surface area contributed by atoms with Gasteiger partial charge in [0, 0.05) is 25.6 Å². The molecule has 2 unspecified atom stereocenters. The number of aryl methyl sites for hydroxylation is 1. The van der Waals surface area contributed by atoms with E-state index >= 15 is 0 Å². The van der Waals surface area contributed by atoms with Gasteiger partial charge in [-0.1, -0.05) is 6.92 Å². The third kappa shape index (κ3) is 3.78. The minimum Gasteiger partial charge on any atom is -0.358 e. The molecule has 2 saturated heterocycles. The highest BCUT2D eigenvalue weighted by Crippen LogP contribution is 2.23. The van der Waals surface area contributed by atoms with E-state index in [4.69, 9.17) is 0 Å². The Morgan fingerprint density at radius 2 is 2.13 bits per heavy atom. The maximum absolute atomic E-state index is 11.9. The molecule has 3 rings (SSSR count). The summed E-state index contributed by atoms with van der Waals surface area (Å²) in [6.07, 6.45) is 3.26. The fourth-order valence-corrected chi connectivity index (χ4v) is 3.20. The zero-order valence-corrected chi connectivity index (χ0v) is 13.6. The molecule has 0 aromatic carbocycles. The topological polar surface area (TPSA) is 87.2 Å². The van der Waals surface area contributed by atoms with Crippen LogP contribution in [0.1, 0.15) is 38.4 Å². The van der Waals surface area contributed by atoms with E-state index in [9.17, 15) is 9.59 Å². The summed E-state index contributed by atoms with van der Waals surface area (Å²) < 4.78 is 0. The Balaban J connectivity index is 1.75. The van der Waals surface area contributed by atoms with Gasteiger partial charge in [-0.05, 0) is 32.1 Å². The standard InChI is InChI=1S/C16H23N5O2/c1-10-4-3-7-21(9-10)14-8-13(17-11(2)18-14)19-12-5-6-15(22)20-16(12)23/h8,10,12H,3-7,9H2,1-2H3,(H,17,18,19)(H,20,22,23). The lowest BCUT2D eigenvalue weighted by molar-refractivity contribution is -0.133. The van der Waals surface area contributed by atoms with Gasteiger partial charge < -0.3 is 10.2 Å². The second-order valence-electron chi connectivity index (χ2n) is 6.50. The molecule has 7 heteroatoms. The molecule has 2 aliphatic heterocycles. The van der Waals surface area contributed by atoms with Crippen molar-refractivity contribution in [2.45, 2.75) is 45.6 Å². The Hall–Kier alpha value is -2.18. The van der Waals surface area contributed by atoms with E-state index in [-0.39, 0.29) is 11.8 Å². The lowest BCUT2D eigenvalue weighted by atomic mass is 10.0. The summed E-state index contributed by atoms with van der Waals surface area (Å²) >= 11 is 0. The smallest absolute Gasteiger partial charge is 0.249 e. The predicted octanol–water partition coefficient (Wildman–Crippen LogP) is 1.24. The van der Waals surface area contributed by atoms with Crippen LogP contribution in [0.4, 0.5) is 11.6 Å². The summed E-state index contributed by atoms with van der Waals surface area (Å²) in [5.74, 6) is 2.38. The molecule has 0 aliphatic carbocycles. The highest BCUT2D eigenvalue weighted by Gasteiger charge is 2.27. The van der Waals surface area contributed by atoms with E-state index in [0.29, 0.717) is 30.4 Å². The molecule has 2 aliphatic rings. The number of carbonyl (C=O) groups excluding carboxylic acids is 2. The van der Waals surface area contributed by atoms with E-state index in [2.05, 4.69) is 32.4 Å². The van der Waals surface area contributed by atoms with Crippen molar-refractivity contribution < 1.29 is 9.59 Å². The van der Waals surface area contributed by atoms with Crippen LogP contribution in [-0.2, 0) is 9.59 Å². The van der Waals surface area contributed by atoms with Crippen LogP contribution < -0.4 is 15.5 Å². The summed E-state index contributed by atoms with van der Waals surface area (Å²) in [5, 5.41) is 5.49. The Bertz CT molecular complexity index is 618. The van der Waals surface area contributed by atoms with E-state index in [0.717, 1.165) is 18.9 Å². The average Bonchev–Trinajstić information content (AvgIpc) is 2.50. The van der Waals surface area contributed by atoms with Gasteiger partial charge in [-0.25, -0.2) is 9.97 Å². The number of imide groups is 1. The molecule has 0 radical (unpaired) electrons. The highest BCUT2D eigenvalue weighted by atomic mass is 16.2. The molecule has 3 heterocycles. The fraction of sp³-hybridized carbons (Fsp3) is 0.625. The maximum atomic E-state index is 11.9. The predicted molar refractivity (Wildman–Crippen MR) is 87.2 cm³/mol. The largest absolute Gasteiger partial charge is 0.358 e. The van der Waals surface area contributed by atoms with Crippen LogP contribution in [0.15, 0.2) is 6.07 Å². The van der Waals surface area contributed by atoms with Crippen molar-refractivity contribution in [2.24, 2.45) is 5.92 Å². The first-order chi connectivity index (χ1) is 11.0. The van der Waals surface area contributed by atoms with Gasteiger partial charge in [0.2, 0.25) is 11.8 Å². The Morgan fingerprint density at radius 1 is 1.30 bits per heavy atom. The van der Waals surface area contributed by atoms with Crippen molar-refractivity contribution in [2.75, 3.05) is 23.3 Å². The van der Waals surface area contributed by atoms with Gasteiger partial charge in [-0.3, -0.25) is 14.9 Å². The number of aromatic nitrogens is 2. The van der Waals surface area contributed by atoms with Gasteiger partial charge in [0.15, 0.2) is 0 Å². The molecule has 2 atom stereocenters. The SMILES string of the molecule is Cc1nc(NC2CCC(=O)NC2=O)cc(N2CCCC(C)C2)n1.